The molecule has 1 aromatic carbocycles. The van der Waals surface area contributed by atoms with Gasteiger partial charge in [0.05, 0.1) is 10.7 Å². The highest BCUT2D eigenvalue weighted by Crippen LogP contribution is 2.25. The van der Waals surface area contributed by atoms with Crippen LogP contribution in [0, 0.1) is 0 Å². The molecule has 0 spiro atoms. The molecule has 0 aliphatic carbocycles. The molecule has 92 valence electrons. The fourth-order valence-corrected chi connectivity index (χ4v) is 1.46. The smallest absolute Gasteiger partial charge is 0.329 e. The van der Waals surface area contributed by atoms with Crippen LogP contribution in [0.2, 0.25) is 10.0 Å². The first-order chi connectivity index (χ1) is 7.99. The van der Waals surface area contributed by atoms with Crippen molar-refractivity contribution < 1.29 is 19.4 Å². The van der Waals surface area contributed by atoms with Crippen molar-refractivity contribution in [1.29, 1.82) is 0 Å². The Hall–Kier alpha value is -1.30. The van der Waals surface area contributed by atoms with Crippen LogP contribution in [-0.2, 0) is 14.3 Å². The summed E-state index contributed by atoms with van der Waals surface area (Å²) in [6.45, 7) is -0.882. The number of halogens is 2. The predicted octanol–water partition coefficient (Wildman–Crippen LogP) is 2.03. The molecule has 1 rings (SSSR count). The van der Waals surface area contributed by atoms with E-state index in [-0.39, 0.29) is 6.61 Å². The number of carbonyl (C=O) groups is 2. The van der Waals surface area contributed by atoms with Crippen LogP contribution in [-0.4, -0.2) is 30.2 Å². The first-order valence-corrected chi connectivity index (χ1v) is 5.29. The second-order valence-corrected chi connectivity index (χ2v) is 3.90. The second-order valence-electron chi connectivity index (χ2n) is 3.06. The van der Waals surface area contributed by atoms with Gasteiger partial charge in [-0.05, 0) is 18.2 Å². The number of amides is 1. The number of benzene rings is 1. The van der Waals surface area contributed by atoms with E-state index in [1.807, 2.05) is 0 Å². The molecular formula is C10H9Cl2NO4. The molecule has 0 aromatic heterocycles. The van der Waals surface area contributed by atoms with E-state index in [2.05, 4.69) is 10.1 Å². The quantitative estimate of drug-likeness (QED) is 0.864. The highest BCUT2D eigenvalue weighted by molar-refractivity contribution is 6.36. The van der Waals surface area contributed by atoms with Gasteiger partial charge in [0.15, 0.2) is 0 Å². The monoisotopic (exact) mass is 277 g/mol. The average Bonchev–Trinajstić information content (AvgIpc) is 2.21. The van der Waals surface area contributed by atoms with E-state index >= 15 is 0 Å². The molecule has 0 aliphatic rings. The van der Waals surface area contributed by atoms with E-state index < -0.39 is 18.5 Å². The number of aliphatic carboxylic acids is 1. The molecule has 0 unspecified atom stereocenters. The number of nitrogens with one attached hydrogen (secondary N) is 1. The van der Waals surface area contributed by atoms with Gasteiger partial charge in [0.1, 0.15) is 13.2 Å². The van der Waals surface area contributed by atoms with E-state index in [1.165, 1.54) is 6.07 Å². The maximum absolute atomic E-state index is 11.3. The zero-order valence-corrected chi connectivity index (χ0v) is 10.1. The summed E-state index contributed by atoms with van der Waals surface area (Å²) in [6.07, 6.45) is 0. The zero-order valence-electron chi connectivity index (χ0n) is 8.57. The van der Waals surface area contributed by atoms with Gasteiger partial charge in [0.25, 0.3) is 0 Å². The minimum atomic E-state index is -1.14. The van der Waals surface area contributed by atoms with Gasteiger partial charge in [-0.25, -0.2) is 4.79 Å². The van der Waals surface area contributed by atoms with Gasteiger partial charge in [-0.2, -0.15) is 0 Å². The van der Waals surface area contributed by atoms with Crippen molar-refractivity contribution in [2.75, 3.05) is 18.5 Å². The Balaban J connectivity index is 2.48. The Kier molecular flexibility index (Phi) is 5.21. The fraction of sp³-hybridized carbons (Fsp3) is 0.200. The molecule has 0 radical (unpaired) electrons. The van der Waals surface area contributed by atoms with Gasteiger partial charge in [-0.3, -0.25) is 4.79 Å². The molecule has 0 saturated carbocycles. The summed E-state index contributed by atoms with van der Waals surface area (Å²) in [6, 6.07) is 4.59. The molecule has 0 heterocycles. The third-order valence-corrected chi connectivity index (χ3v) is 2.21. The number of hydrogen-bond acceptors (Lipinski definition) is 3. The number of carboxylic acids is 1. The van der Waals surface area contributed by atoms with Crippen LogP contribution in [0.5, 0.6) is 0 Å². The van der Waals surface area contributed by atoms with Crippen LogP contribution < -0.4 is 5.32 Å². The molecule has 0 bridgehead atoms. The lowest BCUT2D eigenvalue weighted by atomic mass is 10.3. The number of rotatable bonds is 5. The number of anilines is 1. The molecule has 5 nitrogen and oxygen atoms in total. The van der Waals surface area contributed by atoms with Crippen molar-refractivity contribution in [2.24, 2.45) is 0 Å². The maximum atomic E-state index is 11.3. The van der Waals surface area contributed by atoms with Gasteiger partial charge < -0.3 is 15.2 Å². The van der Waals surface area contributed by atoms with E-state index in [0.717, 1.165) is 0 Å². The van der Waals surface area contributed by atoms with Crippen LogP contribution in [0.4, 0.5) is 5.69 Å². The summed E-state index contributed by atoms with van der Waals surface area (Å²) >= 11 is 11.5. The molecular weight excluding hydrogens is 269 g/mol. The van der Waals surface area contributed by atoms with Crippen molar-refractivity contribution in [1.82, 2.24) is 0 Å². The van der Waals surface area contributed by atoms with Gasteiger partial charge in [0.2, 0.25) is 5.91 Å². The minimum absolute atomic E-state index is 0.295. The van der Waals surface area contributed by atoms with Crippen molar-refractivity contribution in [3.8, 4) is 0 Å². The summed E-state index contributed by atoms with van der Waals surface area (Å²) < 4.78 is 4.61. The maximum Gasteiger partial charge on any atom is 0.329 e. The number of ether oxygens (including phenoxy) is 1. The van der Waals surface area contributed by atoms with E-state index in [4.69, 9.17) is 28.3 Å². The summed E-state index contributed by atoms with van der Waals surface area (Å²) in [5, 5.41) is 11.5. The van der Waals surface area contributed by atoms with Crippen molar-refractivity contribution >= 4 is 40.8 Å². The summed E-state index contributed by atoms with van der Waals surface area (Å²) in [5.41, 5.74) is 0.389. The SMILES string of the molecule is O=C(O)COCC(=O)Nc1ccc(Cl)cc1Cl. The highest BCUT2D eigenvalue weighted by Gasteiger charge is 2.07. The van der Waals surface area contributed by atoms with Gasteiger partial charge in [-0.1, -0.05) is 23.2 Å². The summed E-state index contributed by atoms with van der Waals surface area (Å²) in [5.74, 6) is -1.63. The topological polar surface area (TPSA) is 75.6 Å². The lowest BCUT2D eigenvalue weighted by Crippen LogP contribution is -2.20. The van der Waals surface area contributed by atoms with Crippen LogP contribution in [0.25, 0.3) is 0 Å². The third-order valence-electron chi connectivity index (χ3n) is 1.66. The van der Waals surface area contributed by atoms with Crippen LogP contribution in [0.1, 0.15) is 0 Å². The third kappa shape index (κ3) is 5.04. The van der Waals surface area contributed by atoms with Gasteiger partial charge in [-0.15, -0.1) is 0 Å². The molecule has 7 heteroatoms. The van der Waals surface area contributed by atoms with Crippen molar-refractivity contribution in [2.45, 2.75) is 0 Å². The van der Waals surface area contributed by atoms with Gasteiger partial charge in [0, 0.05) is 5.02 Å². The molecule has 1 aromatic rings. The van der Waals surface area contributed by atoms with Crippen LogP contribution >= 0.6 is 23.2 Å². The van der Waals surface area contributed by atoms with Crippen molar-refractivity contribution in [3.05, 3.63) is 28.2 Å². The second kappa shape index (κ2) is 6.44. The number of carbonyl (C=O) groups excluding carboxylic acids is 1. The van der Waals surface area contributed by atoms with E-state index in [9.17, 15) is 9.59 Å². The minimum Gasteiger partial charge on any atom is -0.480 e. The lowest BCUT2D eigenvalue weighted by molar-refractivity contribution is -0.143. The normalized spacial score (nSPS) is 10.0. The van der Waals surface area contributed by atoms with Crippen molar-refractivity contribution in [3.63, 3.8) is 0 Å². The number of carboxylic acid groups (broad SMARTS) is 1. The Bertz CT molecular complexity index is 436. The summed E-state index contributed by atoms with van der Waals surface area (Å²) in [7, 11) is 0. The highest BCUT2D eigenvalue weighted by atomic mass is 35.5. The Morgan fingerprint density at radius 1 is 1.29 bits per heavy atom. The molecule has 1 amide bonds. The zero-order chi connectivity index (χ0) is 12.8. The van der Waals surface area contributed by atoms with E-state index in [1.54, 1.807) is 12.1 Å². The Labute approximate surface area is 107 Å². The van der Waals surface area contributed by atoms with Gasteiger partial charge >= 0.3 is 5.97 Å². The Morgan fingerprint density at radius 2 is 2.00 bits per heavy atom. The predicted molar refractivity (Wildman–Crippen MR) is 63.5 cm³/mol. The fourth-order valence-electron chi connectivity index (χ4n) is 1.01. The van der Waals surface area contributed by atoms with Crippen LogP contribution in [0.15, 0.2) is 18.2 Å². The summed E-state index contributed by atoms with van der Waals surface area (Å²) in [4.78, 5) is 21.4. The molecule has 2 N–H and O–H groups in total. The average molecular weight is 278 g/mol. The molecule has 17 heavy (non-hydrogen) atoms. The molecule has 0 saturated heterocycles. The largest absolute Gasteiger partial charge is 0.480 e. The standard InChI is InChI=1S/C10H9Cl2NO4/c11-6-1-2-8(7(12)3-6)13-9(14)4-17-5-10(15)16/h1-3H,4-5H2,(H,13,14)(H,15,16). The molecule has 0 atom stereocenters. The lowest BCUT2D eigenvalue weighted by Gasteiger charge is -2.07. The molecule has 0 fully saturated rings. The van der Waals surface area contributed by atoms with E-state index in [0.29, 0.717) is 15.7 Å². The molecule has 0 aliphatic heterocycles. The van der Waals surface area contributed by atoms with Crippen LogP contribution in [0.3, 0.4) is 0 Å². The first-order valence-electron chi connectivity index (χ1n) is 4.53. The first kappa shape index (κ1) is 13.8. The Morgan fingerprint density at radius 3 is 2.59 bits per heavy atom. The number of hydrogen-bond donors (Lipinski definition) is 2.